The van der Waals surface area contributed by atoms with Gasteiger partial charge in [-0.05, 0) is 103 Å². The lowest BCUT2D eigenvalue weighted by Gasteiger charge is -2.28. The lowest BCUT2D eigenvalue weighted by Crippen LogP contribution is -2.11. The van der Waals surface area contributed by atoms with Crippen LogP contribution in [0.2, 0.25) is 0 Å². The Morgan fingerprint density at radius 2 is 0.698 bits per heavy atom. The molecule has 3 heteroatoms. The molecule has 2 aromatic heterocycles. The standard InChI is InChI=1S/C60H37NO2/c1-2-16-38(17-3-1)41-18-10-13-27-55(41)61(40-31-33-50-48-24-11-14-28-56(48)62-58(50)37-40)39-30-32-47-52-34-35-53-49-25-12-15-29-57(49)63-60(53)59(52)51-26-9-8-22-45(51)43-20-5-4-19-42(43)44-21-6-7-23-46(44)54(47)36-39/h1-37H. The first-order chi connectivity index (χ1) is 31.3. The van der Waals surface area contributed by atoms with Crippen molar-refractivity contribution in [3.8, 4) is 11.1 Å². The number of para-hydroxylation sites is 3. The van der Waals surface area contributed by atoms with Crippen molar-refractivity contribution >= 4 is 115 Å². The number of hydrogen-bond acceptors (Lipinski definition) is 3. The Kier molecular flexibility index (Phi) is 7.91. The second kappa shape index (κ2) is 14.1. The maximum Gasteiger partial charge on any atom is 0.143 e. The third-order valence-corrected chi connectivity index (χ3v) is 12.9. The van der Waals surface area contributed by atoms with Crippen LogP contribution in [0.3, 0.4) is 0 Å². The summed E-state index contributed by atoms with van der Waals surface area (Å²) in [5, 5.41) is 15.9. The maximum atomic E-state index is 6.92. The number of rotatable bonds is 4. The monoisotopic (exact) mass is 803 g/mol. The molecule has 0 aliphatic rings. The molecule has 0 saturated heterocycles. The van der Waals surface area contributed by atoms with E-state index in [4.69, 9.17) is 8.83 Å². The van der Waals surface area contributed by atoms with Crippen LogP contribution in [0.4, 0.5) is 17.1 Å². The summed E-state index contributed by atoms with van der Waals surface area (Å²) in [5.74, 6) is 0. The molecular formula is C60H37NO2. The van der Waals surface area contributed by atoms with E-state index >= 15 is 0 Å². The van der Waals surface area contributed by atoms with E-state index < -0.39 is 0 Å². The lowest BCUT2D eigenvalue weighted by molar-refractivity contribution is 0.669. The Morgan fingerprint density at radius 1 is 0.270 bits per heavy atom. The fraction of sp³-hybridized carbons (Fsp3) is 0. The number of furan rings is 2. The Labute approximate surface area is 362 Å². The van der Waals surface area contributed by atoms with Crippen LogP contribution in [0.15, 0.2) is 233 Å². The molecule has 0 N–H and O–H groups in total. The minimum absolute atomic E-state index is 0.847. The highest BCUT2D eigenvalue weighted by Crippen LogP contribution is 2.46. The predicted molar refractivity (Wildman–Crippen MR) is 266 cm³/mol. The van der Waals surface area contributed by atoms with Crippen LogP contribution >= 0.6 is 0 Å². The Balaban J connectivity index is 1.21. The van der Waals surface area contributed by atoms with Gasteiger partial charge in [0.25, 0.3) is 0 Å². The molecule has 3 nitrogen and oxygen atoms in total. The van der Waals surface area contributed by atoms with E-state index in [0.717, 1.165) is 104 Å². The van der Waals surface area contributed by atoms with Crippen LogP contribution < -0.4 is 4.90 Å². The molecule has 0 aliphatic carbocycles. The quantitative estimate of drug-likeness (QED) is 0.177. The highest BCUT2D eigenvalue weighted by molar-refractivity contribution is 6.31. The van der Waals surface area contributed by atoms with Crippen molar-refractivity contribution < 1.29 is 8.83 Å². The van der Waals surface area contributed by atoms with Gasteiger partial charge in [0.05, 0.1) is 5.69 Å². The van der Waals surface area contributed by atoms with Gasteiger partial charge >= 0.3 is 0 Å². The SMILES string of the molecule is c1ccc(-c2ccccc2N(c2ccc3c(c2)oc2ccccc23)c2ccc3c(c2)c2ccccc2c2ccccc2c2ccccc2c2c3ccc3c4ccccc4oc32)cc1. The summed E-state index contributed by atoms with van der Waals surface area (Å²) >= 11 is 0. The molecule has 0 fully saturated rings. The van der Waals surface area contributed by atoms with Crippen LogP contribution in [-0.2, 0) is 0 Å². The molecule has 0 atom stereocenters. The van der Waals surface area contributed by atoms with Gasteiger partial charge in [0.15, 0.2) is 0 Å². The fourth-order valence-corrected chi connectivity index (χ4v) is 10.1. The van der Waals surface area contributed by atoms with Gasteiger partial charge < -0.3 is 13.7 Å². The van der Waals surface area contributed by atoms with Gasteiger partial charge in [0.1, 0.15) is 22.3 Å². The Hall–Kier alpha value is -8.40. The summed E-state index contributed by atoms with van der Waals surface area (Å²) in [5.41, 5.74) is 8.87. The van der Waals surface area contributed by atoms with Gasteiger partial charge in [-0.3, -0.25) is 0 Å². The van der Waals surface area contributed by atoms with E-state index in [1.807, 2.05) is 12.1 Å². The third kappa shape index (κ3) is 5.53. The van der Waals surface area contributed by atoms with E-state index in [9.17, 15) is 0 Å². The molecule has 0 radical (unpaired) electrons. The molecular weight excluding hydrogens is 767 g/mol. The Bertz CT molecular complexity index is 4050. The van der Waals surface area contributed by atoms with E-state index in [1.165, 1.54) is 21.5 Å². The normalized spacial score (nSPS) is 11.8. The molecule has 11 aromatic carbocycles. The topological polar surface area (TPSA) is 29.5 Å². The molecule has 0 spiro atoms. The Morgan fingerprint density at radius 3 is 1.40 bits per heavy atom. The predicted octanol–water partition coefficient (Wildman–Crippen LogP) is 17.5. The van der Waals surface area contributed by atoms with Crippen molar-refractivity contribution in [2.45, 2.75) is 0 Å². The molecule has 63 heavy (non-hydrogen) atoms. The van der Waals surface area contributed by atoms with Crippen molar-refractivity contribution in [3.05, 3.63) is 224 Å². The van der Waals surface area contributed by atoms with Gasteiger partial charge in [0, 0.05) is 49.9 Å². The minimum Gasteiger partial charge on any atom is -0.456 e. The fourth-order valence-electron chi connectivity index (χ4n) is 10.1. The van der Waals surface area contributed by atoms with E-state index in [1.54, 1.807) is 0 Å². The average Bonchev–Trinajstić information content (AvgIpc) is 3.92. The van der Waals surface area contributed by atoms with Crippen molar-refractivity contribution in [2.75, 3.05) is 4.90 Å². The maximum absolute atomic E-state index is 6.92. The first-order valence-corrected chi connectivity index (χ1v) is 21.5. The molecule has 294 valence electrons. The zero-order valence-electron chi connectivity index (χ0n) is 34.1. The van der Waals surface area contributed by atoms with Crippen molar-refractivity contribution in [2.24, 2.45) is 0 Å². The number of hydrogen-bond donors (Lipinski definition) is 0. The smallest absolute Gasteiger partial charge is 0.143 e. The summed E-state index contributed by atoms with van der Waals surface area (Å²) < 4.78 is 13.5. The highest BCUT2D eigenvalue weighted by atomic mass is 16.3. The molecule has 2 heterocycles. The van der Waals surface area contributed by atoms with Gasteiger partial charge in [-0.1, -0.05) is 170 Å². The zero-order chi connectivity index (χ0) is 41.4. The van der Waals surface area contributed by atoms with Crippen LogP contribution in [0.5, 0.6) is 0 Å². The second-order valence-corrected chi connectivity index (χ2v) is 16.3. The molecule has 0 amide bonds. The van der Waals surface area contributed by atoms with Crippen molar-refractivity contribution in [1.29, 1.82) is 0 Å². The molecule has 0 saturated carbocycles. The number of fused-ring (bicyclic) bond motifs is 17. The van der Waals surface area contributed by atoms with Crippen LogP contribution in [-0.4, -0.2) is 0 Å². The van der Waals surface area contributed by atoms with E-state index in [0.29, 0.717) is 0 Å². The molecule has 0 aliphatic heterocycles. The summed E-state index contributed by atoms with van der Waals surface area (Å²) in [6.45, 7) is 0. The summed E-state index contributed by atoms with van der Waals surface area (Å²) in [6.07, 6.45) is 0. The van der Waals surface area contributed by atoms with Gasteiger partial charge in [-0.15, -0.1) is 0 Å². The molecule has 13 aromatic rings. The van der Waals surface area contributed by atoms with Crippen LogP contribution in [0.25, 0.3) is 109 Å². The van der Waals surface area contributed by atoms with Crippen LogP contribution in [0, 0.1) is 0 Å². The van der Waals surface area contributed by atoms with Gasteiger partial charge in [0.2, 0.25) is 0 Å². The van der Waals surface area contributed by atoms with E-state index in [2.05, 4.69) is 217 Å². The summed E-state index contributed by atoms with van der Waals surface area (Å²) in [4.78, 5) is 2.39. The first-order valence-electron chi connectivity index (χ1n) is 21.5. The lowest BCUT2D eigenvalue weighted by atomic mass is 9.93. The number of anilines is 3. The average molecular weight is 804 g/mol. The molecule has 0 bridgehead atoms. The van der Waals surface area contributed by atoms with Crippen LogP contribution in [0.1, 0.15) is 0 Å². The summed E-state index contributed by atoms with van der Waals surface area (Å²) in [7, 11) is 0. The first kappa shape index (κ1) is 35.4. The van der Waals surface area contributed by atoms with Crippen molar-refractivity contribution in [1.82, 2.24) is 0 Å². The van der Waals surface area contributed by atoms with Crippen molar-refractivity contribution in [3.63, 3.8) is 0 Å². The van der Waals surface area contributed by atoms with E-state index in [-0.39, 0.29) is 0 Å². The largest absolute Gasteiger partial charge is 0.456 e. The minimum atomic E-state index is 0.847. The molecule has 13 rings (SSSR count). The number of nitrogens with zero attached hydrogens (tertiary/aromatic N) is 1. The number of benzene rings is 10. The summed E-state index contributed by atoms with van der Waals surface area (Å²) in [6, 6.07) is 80.7. The third-order valence-electron chi connectivity index (χ3n) is 12.9. The van der Waals surface area contributed by atoms with Gasteiger partial charge in [-0.2, -0.15) is 0 Å². The second-order valence-electron chi connectivity index (χ2n) is 16.3. The van der Waals surface area contributed by atoms with Gasteiger partial charge in [-0.25, -0.2) is 0 Å². The zero-order valence-corrected chi connectivity index (χ0v) is 34.1. The molecule has 0 unspecified atom stereocenters. The highest BCUT2D eigenvalue weighted by Gasteiger charge is 2.21.